The van der Waals surface area contributed by atoms with Gasteiger partial charge < -0.3 is 19.0 Å². The molecule has 222 valence electrons. The molecule has 0 spiro atoms. The molecule has 1 saturated heterocycles. The summed E-state index contributed by atoms with van der Waals surface area (Å²) in [5.41, 5.74) is -1.36. The van der Waals surface area contributed by atoms with Gasteiger partial charge in [0.1, 0.15) is 18.5 Å². The molecule has 0 aromatic heterocycles. The summed E-state index contributed by atoms with van der Waals surface area (Å²) >= 11 is 0. The van der Waals surface area contributed by atoms with E-state index in [1.807, 2.05) is 20.8 Å². The molecule has 0 aromatic rings. The molecule has 0 aromatic carbocycles. The number of fused-ring (bicyclic) bond motifs is 1. The van der Waals surface area contributed by atoms with Gasteiger partial charge in [-0.1, -0.05) is 34.6 Å². The number of esters is 2. The molecular weight excluding hydrogens is 512 g/mol. The molecule has 3 rings (SSSR count). The smallest absolute Gasteiger partial charge is 0.311 e. The van der Waals surface area contributed by atoms with Crippen LogP contribution in [0.1, 0.15) is 99.8 Å². The van der Waals surface area contributed by atoms with E-state index in [0.29, 0.717) is 43.6 Å². The van der Waals surface area contributed by atoms with Gasteiger partial charge in [0.2, 0.25) is 0 Å². The van der Waals surface area contributed by atoms with E-state index in [0.717, 1.165) is 19.1 Å². The first kappa shape index (κ1) is 32.0. The van der Waals surface area contributed by atoms with Crippen molar-refractivity contribution in [3.05, 3.63) is 11.6 Å². The summed E-state index contributed by atoms with van der Waals surface area (Å²) < 4.78 is 18.5. The quantitative estimate of drug-likeness (QED) is 0.204. The number of cyclic esters (lactones) is 1. The van der Waals surface area contributed by atoms with Gasteiger partial charge in [-0.15, -0.1) is 0 Å². The molecule has 0 bridgehead atoms. The summed E-state index contributed by atoms with van der Waals surface area (Å²) in [5, 5.41) is 11.9. The Hall–Kier alpha value is -1.51. The van der Waals surface area contributed by atoms with E-state index in [1.54, 1.807) is 6.08 Å². The van der Waals surface area contributed by atoms with Crippen LogP contribution in [0.2, 0.25) is 18.1 Å². The normalized spacial score (nSPS) is 34.0. The summed E-state index contributed by atoms with van der Waals surface area (Å²) in [7, 11) is -2.03. The van der Waals surface area contributed by atoms with E-state index in [9.17, 15) is 19.5 Å². The van der Waals surface area contributed by atoms with Crippen LogP contribution >= 0.6 is 0 Å². The maximum atomic E-state index is 13.1. The second kappa shape index (κ2) is 11.8. The standard InChI is InChI=1S/C31H52O7Si/c1-10-30(6,7)28(34)37-25-15-21(19-32)18-31(35)14-13-20(2)24(27(25)31)12-11-22-16-23(17-26(33)36-22)38-39(8,9)29(3,4)5/h18-20,22-25,27,35H,10-17H2,1-9H3/t20-,22+,23+,24-,25-,27-,31-/m0/s1. The average Bonchev–Trinajstić information content (AvgIpc) is 2.82. The van der Waals surface area contributed by atoms with Crippen LogP contribution in [0.15, 0.2) is 11.6 Å². The Morgan fingerprint density at radius 3 is 2.46 bits per heavy atom. The van der Waals surface area contributed by atoms with Gasteiger partial charge in [0, 0.05) is 18.8 Å². The maximum absolute atomic E-state index is 13.1. The lowest BCUT2D eigenvalue weighted by molar-refractivity contribution is -0.179. The molecule has 7 atom stereocenters. The van der Waals surface area contributed by atoms with Gasteiger partial charge >= 0.3 is 11.9 Å². The first-order valence-corrected chi connectivity index (χ1v) is 17.8. The van der Waals surface area contributed by atoms with Crippen molar-refractivity contribution in [2.45, 2.75) is 142 Å². The third kappa shape index (κ3) is 7.23. The Morgan fingerprint density at radius 2 is 1.87 bits per heavy atom. The van der Waals surface area contributed by atoms with Gasteiger partial charge in [-0.05, 0) is 87.6 Å². The zero-order valence-corrected chi connectivity index (χ0v) is 26.7. The predicted octanol–water partition coefficient (Wildman–Crippen LogP) is 6.13. The monoisotopic (exact) mass is 564 g/mol. The van der Waals surface area contributed by atoms with Crippen LogP contribution in [0.25, 0.3) is 0 Å². The van der Waals surface area contributed by atoms with Crippen molar-refractivity contribution in [1.29, 1.82) is 0 Å². The van der Waals surface area contributed by atoms with Crippen molar-refractivity contribution in [2.75, 3.05) is 0 Å². The zero-order valence-electron chi connectivity index (χ0n) is 25.7. The first-order valence-electron chi connectivity index (χ1n) is 14.9. The number of ether oxygens (including phenoxy) is 2. The number of carbonyl (C=O) groups is 3. The Balaban J connectivity index is 1.79. The van der Waals surface area contributed by atoms with Crippen LogP contribution < -0.4 is 0 Å². The number of aliphatic hydroxyl groups is 1. The van der Waals surface area contributed by atoms with Crippen LogP contribution in [-0.4, -0.2) is 55.6 Å². The van der Waals surface area contributed by atoms with Crippen LogP contribution in [0, 0.1) is 23.2 Å². The summed E-state index contributed by atoms with van der Waals surface area (Å²) in [4.78, 5) is 37.4. The second-order valence-electron chi connectivity index (χ2n) is 14.5. The van der Waals surface area contributed by atoms with Crippen molar-refractivity contribution in [1.82, 2.24) is 0 Å². The molecule has 1 aliphatic heterocycles. The molecule has 2 fully saturated rings. The van der Waals surface area contributed by atoms with E-state index >= 15 is 0 Å². The Bertz CT molecular complexity index is 949. The molecule has 1 heterocycles. The maximum Gasteiger partial charge on any atom is 0.311 e. The molecule has 39 heavy (non-hydrogen) atoms. The number of aldehydes is 1. The highest BCUT2D eigenvalue weighted by atomic mass is 28.4. The van der Waals surface area contributed by atoms with Crippen molar-refractivity contribution in [3.63, 3.8) is 0 Å². The lowest BCUT2D eigenvalue weighted by Gasteiger charge is -2.52. The minimum absolute atomic E-state index is 0.0520. The topological polar surface area (TPSA) is 99.1 Å². The third-order valence-corrected chi connectivity index (χ3v) is 14.7. The summed E-state index contributed by atoms with van der Waals surface area (Å²) in [6, 6.07) is 0. The molecule has 0 unspecified atom stereocenters. The summed E-state index contributed by atoms with van der Waals surface area (Å²) in [6.07, 6.45) is 6.16. The fraction of sp³-hybridized carbons (Fsp3) is 0.839. The Kier molecular flexibility index (Phi) is 9.66. The Morgan fingerprint density at radius 1 is 1.21 bits per heavy atom. The summed E-state index contributed by atoms with van der Waals surface area (Å²) in [6.45, 7) is 18.9. The molecule has 1 saturated carbocycles. The third-order valence-electron chi connectivity index (χ3n) is 10.2. The van der Waals surface area contributed by atoms with Crippen molar-refractivity contribution < 1.29 is 33.4 Å². The fourth-order valence-electron chi connectivity index (χ4n) is 6.25. The lowest BCUT2D eigenvalue weighted by Crippen LogP contribution is -2.56. The molecule has 7 nitrogen and oxygen atoms in total. The van der Waals surface area contributed by atoms with E-state index in [2.05, 4.69) is 40.8 Å². The van der Waals surface area contributed by atoms with E-state index < -0.39 is 25.4 Å². The molecule has 0 amide bonds. The van der Waals surface area contributed by atoms with Gasteiger partial charge in [0.15, 0.2) is 8.32 Å². The number of hydrogen-bond acceptors (Lipinski definition) is 7. The fourth-order valence-corrected chi connectivity index (χ4v) is 7.62. The van der Waals surface area contributed by atoms with Gasteiger partial charge in [0.25, 0.3) is 0 Å². The van der Waals surface area contributed by atoms with Gasteiger partial charge in [-0.3, -0.25) is 14.4 Å². The van der Waals surface area contributed by atoms with E-state index in [-0.39, 0.29) is 47.4 Å². The predicted molar refractivity (Wildman–Crippen MR) is 153 cm³/mol. The molecule has 8 heteroatoms. The second-order valence-corrected chi connectivity index (χ2v) is 19.3. The van der Waals surface area contributed by atoms with Crippen molar-refractivity contribution in [2.24, 2.45) is 23.2 Å². The molecular formula is C31H52O7Si. The first-order chi connectivity index (χ1) is 17.9. The molecule has 3 aliphatic rings. The van der Waals surface area contributed by atoms with Gasteiger partial charge in [-0.2, -0.15) is 0 Å². The van der Waals surface area contributed by atoms with Gasteiger partial charge in [-0.25, -0.2) is 0 Å². The van der Waals surface area contributed by atoms with Crippen LogP contribution in [-0.2, 0) is 28.3 Å². The average molecular weight is 565 g/mol. The number of carbonyl (C=O) groups excluding carboxylic acids is 3. The SMILES string of the molecule is CCC(C)(C)C(=O)O[C@H]1CC(C=O)=C[C@@]2(O)CC[C@H](C)[C@H](CC[C@@H]3C[C@@H](O[Si](C)(C)C(C)(C)C)CC(=O)O3)[C@@H]12. The van der Waals surface area contributed by atoms with Crippen molar-refractivity contribution >= 4 is 26.5 Å². The van der Waals surface area contributed by atoms with Crippen molar-refractivity contribution in [3.8, 4) is 0 Å². The highest BCUT2D eigenvalue weighted by molar-refractivity contribution is 6.74. The Labute approximate surface area is 236 Å². The largest absolute Gasteiger partial charge is 0.462 e. The molecule has 0 radical (unpaired) electrons. The zero-order chi connectivity index (χ0) is 29.4. The van der Waals surface area contributed by atoms with E-state index in [4.69, 9.17) is 13.9 Å². The van der Waals surface area contributed by atoms with Crippen LogP contribution in [0.5, 0.6) is 0 Å². The van der Waals surface area contributed by atoms with E-state index in [1.165, 1.54) is 0 Å². The molecule has 1 N–H and O–H groups in total. The highest BCUT2D eigenvalue weighted by Crippen LogP contribution is 2.51. The highest BCUT2D eigenvalue weighted by Gasteiger charge is 2.53. The number of rotatable bonds is 9. The number of hydrogen-bond donors (Lipinski definition) is 1. The molecule has 2 aliphatic carbocycles. The summed E-state index contributed by atoms with van der Waals surface area (Å²) in [5.74, 6) is -0.488. The van der Waals surface area contributed by atoms with Crippen LogP contribution in [0.4, 0.5) is 0 Å². The lowest BCUT2D eigenvalue weighted by atomic mass is 9.58. The van der Waals surface area contributed by atoms with Crippen LogP contribution in [0.3, 0.4) is 0 Å². The minimum Gasteiger partial charge on any atom is -0.462 e. The van der Waals surface area contributed by atoms with Gasteiger partial charge in [0.05, 0.1) is 23.5 Å². The minimum atomic E-state index is -2.03.